The Morgan fingerprint density at radius 2 is 2.44 bits per heavy atom. The largest absolute Gasteiger partial charge is 0.366 e. The average Bonchev–Trinajstić information content (AvgIpc) is 3.02. The van der Waals surface area contributed by atoms with Crippen LogP contribution < -0.4 is 16.1 Å². The number of piperidine rings is 1. The first-order valence-corrected chi connectivity index (χ1v) is 8.58. The van der Waals surface area contributed by atoms with Crippen LogP contribution in [0.4, 0.5) is 5.82 Å². The molecule has 0 spiro atoms. The minimum atomic E-state index is 0.258. The van der Waals surface area contributed by atoms with Crippen molar-refractivity contribution in [2.45, 2.75) is 25.3 Å². The fourth-order valence-electron chi connectivity index (χ4n) is 3.06. The van der Waals surface area contributed by atoms with Crippen molar-refractivity contribution in [1.82, 2.24) is 19.9 Å². The summed E-state index contributed by atoms with van der Waals surface area (Å²) in [4.78, 5) is 8.81. The zero-order valence-corrected chi connectivity index (χ0v) is 14.6. The Morgan fingerprint density at radius 3 is 3.16 bits per heavy atom. The Hall–Kier alpha value is -2.41. The lowest BCUT2D eigenvalue weighted by Gasteiger charge is -2.23. The Morgan fingerprint density at radius 1 is 1.56 bits per heavy atom. The third kappa shape index (κ3) is 3.99. The molecule has 6 nitrogen and oxygen atoms in total. The minimum absolute atomic E-state index is 0.258. The van der Waals surface area contributed by atoms with Gasteiger partial charge in [0.25, 0.3) is 0 Å². The van der Waals surface area contributed by atoms with E-state index in [1.807, 2.05) is 12.3 Å². The van der Waals surface area contributed by atoms with Crippen LogP contribution >= 0.6 is 0 Å². The van der Waals surface area contributed by atoms with Crippen molar-refractivity contribution in [2.75, 3.05) is 25.5 Å². The van der Waals surface area contributed by atoms with Crippen molar-refractivity contribution < 1.29 is 0 Å². The van der Waals surface area contributed by atoms with E-state index in [1.165, 1.54) is 12.8 Å². The second-order valence-corrected chi connectivity index (χ2v) is 6.12. The van der Waals surface area contributed by atoms with Gasteiger partial charge in [-0.1, -0.05) is 25.2 Å². The Bertz CT molecular complexity index is 801. The molecule has 1 saturated heterocycles. The molecule has 25 heavy (non-hydrogen) atoms. The topological polar surface area (TPSA) is 66.6 Å². The highest BCUT2D eigenvalue weighted by molar-refractivity contribution is 6.36. The fourth-order valence-corrected chi connectivity index (χ4v) is 3.06. The molecule has 1 unspecified atom stereocenters. The number of anilines is 1. The van der Waals surface area contributed by atoms with Crippen molar-refractivity contribution >= 4 is 31.0 Å². The number of aliphatic imine (C=N–C) groups is 1. The van der Waals surface area contributed by atoms with E-state index in [2.05, 4.69) is 33.4 Å². The first-order valence-electron chi connectivity index (χ1n) is 8.58. The molecule has 0 aliphatic carbocycles. The smallest absolute Gasteiger partial charge is 0.150 e. The van der Waals surface area contributed by atoms with E-state index in [1.54, 1.807) is 23.8 Å². The number of rotatable bonds is 6. The first kappa shape index (κ1) is 17.4. The molecular formula is C18H23BN6. The maximum absolute atomic E-state index is 6.06. The van der Waals surface area contributed by atoms with Crippen molar-refractivity contribution in [2.24, 2.45) is 4.99 Å². The van der Waals surface area contributed by atoms with Gasteiger partial charge in [-0.3, -0.25) is 4.99 Å². The number of nitrogens with zero attached hydrogens (tertiary/aromatic N) is 4. The van der Waals surface area contributed by atoms with E-state index < -0.39 is 0 Å². The molecule has 1 fully saturated rings. The van der Waals surface area contributed by atoms with Crippen LogP contribution in [-0.4, -0.2) is 48.8 Å². The van der Waals surface area contributed by atoms with E-state index in [9.17, 15) is 0 Å². The van der Waals surface area contributed by atoms with Crippen LogP contribution in [0.2, 0.25) is 0 Å². The van der Waals surface area contributed by atoms with Crippen molar-refractivity contribution in [3.63, 3.8) is 0 Å². The summed E-state index contributed by atoms with van der Waals surface area (Å²) in [6.45, 7) is 5.38. The number of nitrogens with one attached hydrogen (secondary N) is 2. The van der Waals surface area contributed by atoms with E-state index in [-0.39, 0.29) is 6.04 Å². The Kier molecular flexibility index (Phi) is 5.65. The molecule has 1 aliphatic rings. The van der Waals surface area contributed by atoms with E-state index in [0.717, 1.165) is 30.1 Å². The summed E-state index contributed by atoms with van der Waals surface area (Å²) in [6, 6.07) is 2.31. The number of hydrogen-bond donors (Lipinski definition) is 2. The third-order valence-electron chi connectivity index (χ3n) is 4.29. The quantitative estimate of drug-likeness (QED) is 0.478. The molecular weight excluding hydrogens is 311 g/mol. The summed E-state index contributed by atoms with van der Waals surface area (Å²) in [5.41, 5.74) is 3.30. The lowest BCUT2D eigenvalue weighted by Crippen LogP contribution is -2.28. The summed E-state index contributed by atoms with van der Waals surface area (Å²) in [7, 11) is 7.81. The van der Waals surface area contributed by atoms with Gasteiger partial charge in [0.05, 0.1) is 5.69 Å². The average molecular weight is 334 g/mol. The highest BCUT2D eigenvalue weighted by Gasteiger charge is 2.19. The predicted octanol–water partition coefficient (Wildman–Crippen LogP) is 1.56. The third-order valence-corrected chi connectivity index (χ3v) is 4.29. The van der Waals surface area contributed by atoms with Gasteiger partial charge < -0.3 is 10.6 Å². The first-order chi connectivity index (χ1) is 12.2. The van der Waals surface area contributed by atoms with E-state index >= 15 is 0 Å². The minimum Gasteiger partial charge on any atom is -0.366 e. The molecule has 0 bridgehead atoms. The monoisotopic (exact) mass is 334 g/mol. The Balaban J connectivity index is 1.92. The molecule has 128 valence electrons. The zero-order chi connectivity index (χ0) is 17.6. The molecule has 2 N–H and O–H groups in total. The Labute approximate surface area is 149 Å². The molecule has 3 rings (SSSR count). The molecule has 1 atom stereocenters. The summed E-state index contributed by atoms with van der Waals surface area (Å²) in [5, 5.41) is 11.3. The molecule has 0 aromatic carbocycles. The van der Waals surface area contributed by atoms with Crippen LogP contribution in [0, 0.1) is 0 Å². The predicted molar refractivity (Wildman–Crippen MR) is 104 cm³/mol. The van der Waals surface area contributed by atoms with Gasteiger partial charge in [-0.25, -0.2) is 4.98 Å². The van der Waals surface area contributed by atoms with E-state index in [4.69, 9.17) is 12.8 Å². The molecule has 7 heteroatoms. The van der Waals surface area contributed by atoms with Crippen LogP contribution in [0.25, 0.3) is 5.65 Å². The molecule has 0 amide bonds. The number of allylic oxidation sites excluding steroid dienone is 2. The van der Waals surface area contributed by atoms with E-state index in [0.29, 0.717) is 17.7 Å². The maximum Gasteiger partial charge on any atom is 0.150 e. The van der Waals surface area contributed by atoms with Gasteiger partial charge in [0.2, 0.25) is 0 Å². The molecule has 2 aromatic heterocycles. The summed E-state index contributed by atoms with van der Waals surface area (Å²) >= 11 is 0. The van der Waals surface area contributed by atoms with Gasteiger partial charge in [-0.05, 0) is 30.4 Å². The van der Waals surface area contributed by atoms with Crippen molar-refractivity contribution in [1.29, 1.82) is 0 Å². The number of fused-ring (bicyclic) bond motifs is 1. The SMILES string of the molecule is [B]c1cnn2c(NC/C(C=NC)=C/C=C)cc(C3CCCCN3)nc12. The normalized spacial score (nSPS) is 18.8. The van der Waals surface area contributed by atoms with Gasteiger partial charge in [0.1, 0.15) is 13.7 Å². The molecule has 1 aliphatic heterocycles. The standard InChI is InChI=1S/C18H23BN6/c1-3-6-13(10-20-2)11-22-17-9-16(15-7-4-5-8-21-15)24-18-14(19)12-23-25(17)18/h3,6,9-10,12,15,21-22H,1,4-5,7-8,11H2,2H3/b13-6+,20-10?. The second kappa shape index (κ2) is 8.12. The van der Waals surface area contributed by atoms with Crippen LogP contribution in [0.5, 0.6) is 0 Å². The summed E-state index contributed by atoms with van der Waals surface area (Å²) in [5.74, 6) is 0.864. The van der Waals surface area contributed by atoms with Crippen LogP contribution in [0.15, 0.2) is 41.6 Å². The van der Waals surface area contributed by atoms with Gasteiger partial charge >= 0.3 is 0 Å². The van der Waals surface area contributed by atoms with Crippen LogP contribution in [-0.2, 0) is 0 Å². The maximum atomic E-state index is 6.06. The number of aromatic nitrogens is 3. The van der Waals surface area contributed by atoms with Crippen LogP contribution in [0.3, 0.4) is 0 Å². The lowest BCUT2D eigenvalue weighted by molar-refractivity contribution is 0.405. The van der Waals surface area contributed by atoms with Gasteiger partial charge in [0, 0.05) is 38.1 Å². The second-order valence-electron chi connectivity index (χ2n) is 6.12. The highest BCUT2D eigenvalue weighted by atomic mass is 15.3. The van der Waals surface area contributed by atoms with Gasteiger partial charge in [-0.2, -0.15) is 9.61 Å². The van der Waals surface area contributed by atoms with Gasteiger partial charge in [-0.15, -0.1) is 0 Å². The van der Waals surface area contributed by atoms with Crippen molar-refractivity contribution in [3.8, 4) is 0 Å². The molecule has 2 aromatic rings. The lowest BCUT2D eigenvalue weighted by atomic mass is 9.99. The van der Waals surface area contributed by atoms with Gasteiger partial charge in [0.15, 0.2) is 5.65 Å². The van der Waals surface area contributed by atoms with Crippen LogP contribution in [0.1, 0.15) is 31.0 Å². The zero-order valence-electron chi connectivity index (χ0n) is 14.6. The molecule has 2 radical (unpaired) electrons. The summed E-state index contributed by atoms with van der Waals surface area (Å²) in [6.07, 6.45) is 10.6. The van der Waals surface area contributed by atoms with Crippen molar-refractivity contribution in [3.05, 3.63) is 42.3 Å². The fraction of sp³-hybridized carbons (Fsp3) is 0.389. The number of hydrogen-bond acceptors (Lipinski definition) is 5. The molecule has 0 saturated carbocycles. The molecule has 3 heterocycles. The highest BCUT2D eigenvalue weighted by Crippen LogP contribution is 2.24. The summed E-state index contributed by atoms with van der Waals surface area (Å²) < 4.78 is 1.75.